The molecular weight excluding hydrogens is 512 g/mol. The second kappa shape index (κ2) is 10.5. The molecule has 1 fully saturated rings. The Morgan fingerprint density at radius 3 is 2.66 bits per heavy atom. The van der Waals surface area contributed by atoms with Gasteiger partial charge in [-0.25, -0.2) is 9.59 Å². The van der Waals surface area contributed by atoms with Gasteiger partial charge in [0, 0.05) is 17.5 Å². The van der Waals surface area contributed by atoms with E-state index in [9.17, 15) is 28.5 Å². The molecule has 194 valence electrons. The molecule has 5 rings (SSSR count). The molecule has 38 heavy (non-hydrogen) atoms. The van der Waals surface area contributed by atoms with Crippen molar-refractivity contribution in [3.8, 4) is 5.75 Å². The Labute approximate surface area is 218 Å². The van der Waals surface area contributed by atoms with Crippen molar-refractivity contribution < 1.29 is 32.9 Å². The first-order valence-corrected chi connectivity index (χ1v) is 13.0. The lowest BCUT2D eigenvalue weighted by Gasteiger charge is -2.48. The molecule has 1 saturated heterocycles. The fourth-order valence-corrected chi connectivity index (χ4v) is 6.05. The molecule has 0 radical (unpaired) electrons. The summed E-state index contributed by atoms with van der Waals surface area (Å²) in [6.45, 7) is 0.0428. The van der Waals surface area contributed by atoms with Crippen LogP contribution in [0.4, 0.5) is 0 Å². The summed E-state index contributed by atoms with van der Waals surface area (Å²) >= 11 is 0. The molecule has 0 bridgehead atoms. The molecular formula is C27H22N2O8S. The molecule has 1 aromatic heterocycles. The smallest absolute Gasteiger partial charge is 0.352 e. The molecule has 0 saturated carbocycles. The Morgan fingerprint density at radius 1 is 1.13 bits per heavy atom. The minimum Gasteiger partial charge on any atom is -0.489 e. The number of carbonyl (C=O) groups is 3. The number of carboxylic acids is 1. The van der Waals surface area contributed by atoms with Gasteiger partial charge in [-0.05, 0) is 35.4 Å². The van der Waals surface area contributed by atoms with Crippen LogP contribution >= 0.6 is 0 Å². The number of amides is 2. The van der Waals surface area contributed by atoms with Crippen LogP contribution in [0.5, 0.6) is 5.75 Å². The van der Waals surface area contributed by atoms with Gasteiger partial charge in [0.05, 0.1) is 23.0 Å². The minimum atomic E-state index is -1.63. The number of allylic oxidation sites excluding steroid dienone is 1. The molecule has 2 amide bonds. The van der Waals surface area contributed by atoms with Crippen LogP contribution in [-0.4, -0.2) is 55.8 Å². The number of benzene rings is 2. The van der Waals surface area contributed by atoms with Crippen molar-refractivity contribution in [3.63, 3.8) is 0 Å². The Bertz CT molecular complexity index is 1580. The van der Waals surface area contributed by atoms with Crippen molar-refractivity contribution in [2.45, 2.75) is 17.8 Å². The fraction of sp³-hybridized carbons (Fsp3) is 0.185. The Balaban J connectivity index is 1.26. The third kappa shape index (κ3) is 5.00. The number of rotatable bonds is 8. The van der Waals surface area contributed by atoms with Crippen molar-refractivity contribution >= 4 is 39.6 Å². The number of nitrogens with one attached hydrogen (secondary N) is 1. The fourth-order valence-electron chi connectivity index (χ4n) is 4.40. The molecule has 10 nitrogen and oxygen atoms in total. The monoisotopic (exact) mass is 534 g/mol. The zero-order valence-corrected chi connectivity index (χ0v) is 20.7. The topological polar surface area (TPSA) is 143 Å². The number of ether oxygens (including phenoxy) is 1. The second-order valence-corrected chi connectivity index (χ2v) is 10.2. The van der Waals surface area contributed by atoms with E-state index in [1.165, 1.54) is 12.1 Å². The van der Waals surface area contributed by atoms with Gasteiger partial charge in [0.2, 0.25) is 5.91 Å². The highest BCUT2D eigenvalue weighted by atomic mass is 32.2. The number of β-lactam (4-membered cyclic amide) rings is 1. The summed E-state index contributed by atoms with van der Waals surface area (Å²) in [5, 5.41) is 12.2. The molecule has 1 unspecified atom stereocenters. The summed E-state index contributed by atoms with van der Waals surface area (Å²) in [5.74, 6) is -2.04. The van der Waals surface area contributed by atoms with Crippen LogP contribution in [0.1, 0.15) is 5.56 Å². The number of carboxylic acid groups (broad SMARTS) is 1. The summed E-state index contributed by atoms with van der Waals surface area (Å²) in [4.78, 5) is 49.7. The molecule has 2 N–H and O–H groups in total. The van der Waals surface area contributed by atoms with Crippen molar-refractivity contribution in [3.05, 3.63) is 100 Å². The lowest BCUT2D eigenvalue weighted by molar-refractivity contribution is -0.150. The predicted octanol–water partition coefficient (Wildman–Crippen LogP) is 1.72. The molecule has 0 aliphatic carbocycles. The van der Waals surface area contributed by atoms with Gasteiger partial charge in [-0.2, -0.15) is 0 Å². The summed E-state index contributed by atoms with van der Waals surface area (Å²) in [6, 6.07) is 15.9. The van der Waals surface area contributed by atoms with Crippen LogP contribution < -0.4 is 15.7 Å². The molecule has 3 atom stereocenters. The van der Waals surface area contributed by atoms with E-state index in [1.807, 2.05) is 6.07 Å². The first kappa shape index (κ1) is 25.2. The van der Waals surface area contributed by atoms with Gasteiger partial charge in [0.15, 0.2) is 0 Å². The zero-order chi connectivity index (χ0) is 26.8. The van der Waals surface area contributed by atoms with Gasteiger partial charge in [-0.3, -0.25) is 18.7 Å². The van der Waals surface area contributed by atoms with Crippen molar-refractivity contribution in [1.29, 1.82) is 0 Å². The Morgan fingerprint density at radius 2 is 1.89 bits per heavy atom. The van der Waals surface area contributed by atoms with Gasteiger partial charge in [-0.15, -0.1) is 0 Å². The zero-order valence-electron chi connectivity index (χ0n) is 19.9. The highest BCUT2D eigenvalue weighted by Gasteiger charge is 2.56. The van der Waals surface area contributed by atoms with Gasteiger partial charge >= 0.3 is 11.6 Å². The molecule has 0 spiro atoms. The first-order chi connectivity index (χ1) is 18.3. The summed E-state index contributed by atoms with van der Waals surface area (Å²) in [7, 11) is -1.63. The van der Waals surface area contributed by atoms with Crippen molar-refractivity contribution in [2.75, 3.05) is 12.4 Å². The van der Waals surface area contributed by atoms with E-state index < -0.39 is 45.6 Å². The molecule has 2 aliphatic rings. The van der Waals surface area contributed by atoms with Crippen LogP contribution in [0, 0.1) is 0 Å². The molecule has 11 heteroatoms. The average molecular weight is 535 g/mol. The van der Waals surface area contributed by atoms with Crippen LogP contribution in [0.2, 0.25) is 0 Å². The quantitative estimate of drug-likeness (QED) is 0.329. The van der Waals surface area contributed by atoms with Gasteiger partial charge in [0.25, 0.3) is 5.91 Å². The van der Waals surface area contributed by atoms with Gasteiger partial charge in [0.1, 0.15) is 35.1 Å². The first-order valence-electron chi connectivity index (χ1n) is 11.6. The summed E-state index contributed by atoms with van der Waals surface area (Å²) in [6.07, 6.45) is 3.06. The van der Waals surface area contributed by atoms with E-state index in [2.05, 4.69) is 5.32 Å². The number of fused-ring (bicyclic) bond motifs is 2. The lowest BCUT2D eigenvalue weighted by atomic mass is 10.0. The average Bonchev–Trinajstić information content (AvgIpc) is 2.89. The molecule has 3 heterocycles. The number of carbonyl (C=O) groups excluding carboxylic acids is 2. The number of hydrogen-bond acceptors (Lipinski definition) is 7. The van der Waals surface area contributed by atoms with Crippen molar-refractivity contribution in [2.24, 2.45) is 0 Å². The number of nitrogens with zero attached hydrogens (tertiary/aromatic N) is 1. The van der Waals surface area contributed by atoms with E-state index in [0.717, 1.165) is 15.8 Å². The summed E-state index contributed by atoms with van der Waals surface area (Å²) < 4.78 is 23.7. The highest BCUT2D eigenvalue weighted by molar-refractivity contribution is 7.86. The van der Waals surface area contributed by atoms with Crippen LogP contribution in [-0.2, 0) is 31.6 Å². The van der Waals surface area contributed by atoms with E-state index in [1.54, 1.807) is 54.6 Å². The van der Waals surface area contributed by atoms with E-state index >= 15 is 0 Å². The second-order valence-electron chi connectivity index (χ2n) is 8.68. The maximum absolute atomic E-state index is 13.0. The number of hydrogen-bond donors (Lipinski definition) is 2. The molecule has 3 aromatic rings. The molecule has 2 aliphatic heterocycles. The minimum absolute atomic E-state index is 0.0428. The lowest BCUT2D eigenvalue weighted by Crippen LogP contribution is -2.73. The van der Waals surface area contributed by atoms with Crippen LogP contribution in [0.15, 0.2) is 93.3 Å². The van der Waals surface area contributed by atoms with E-state index in [4.69, 9.17) is 9.15 Å². The predicted molar refractivity (Wildman–Crippen MR) is 138 cm³/mol. The SMILES string of the molecule is O=C(Cc1ccccc1)N[C@@H]1C(=O)N2C(C(=O)O)=C(/C=C/COc3ccc4ccc(=O)oc4c3)CS(=O)[C@H]12. The van der Waals surface area contributed by atoms with Gasteiger partial charge < -0.3 is 19.6 Å². The maximum atomic E-state index is 13.0. The highest BCUT2D eigenvalue weighted by Crippen LogP contribution is 2.35. The Kier molecular flexibility index (Phi) is 6.93. The largest absolute Gasteiger partial charge is 0.489 e. The third-order valence-corrected chi connectivity index (χ3v) is 7.76. The standard InChI is InChI=1S/C27H22N2O8S/c30-21(13-16-5-2-1-3-6-16)28-23-25(32)29-24(27(33)34)18(15-38(35)26(23)29)7-4-12-36-19-10-8-17-9-11-22(31)37-20(17)14-19/h1-11,14,23,26H,12-13,15H2,(H,28,30)(H,33,34)/b7-4+/t23-,26-,38?/m1/s1. The third-order valence-electron chi connectivity index (χ3n) is 6.14. The normalized spacial score (nSPS) is 20.8. The molecule has 2 aromatic carbocycles. The van der Waals surface area contributed by atoms with E-state index in [0.29, 0.717) is 11.3 Å². The van der Waals surface area contributed by atoms with Crippen LogP contribution in [0.25, 0.3) is 11.0 Å². The van der Waals surface area contributed by atoms with Crippen LogP contribution in [0.3, 0.4) is 0 Å². The Hall–Kier alpha value is -4.51. The maximum Gasteiger partial charge on any atom is 0.352 e. The van der Waals surface area contributed by atoms with Crippen molar-refractivity contribution in [1.82, 2.24) is 10.2 Å². The van der Waals surface area contributed by atoms with E-state index in [-0.39, 0.29) is 30.1 Å². The number of aliphatic carboxylic acids is 1. The van der Waals surface area contributed by atoms with Gasteiger partial charge in [-0.1, -0.05) is 36.4 Å². The summed E-state index contributed by atoms with van der Waals surface area (Å²) in [5.41, 5.74) is 0.585.